The maximum atomic E-state index is 12.1. The Morgan fingerprint density at radius 2 is 2.38 bits per heavy atom. The molecule has 0 fully saturated rings. The zero-order chi connectivity index (χ0) is 15.2. The van der Waals surface area contributed by atoms with Gasteiger partial charge in [-0.2, -0.15) is 5.10 Å². The molecule has 108 valence electrons. The van der Waals surface area contributed by atoms with Crippen LogP contribution in [0.25, 0.3) is 0 Å². The first-order valence-corrected chi connectivity index (χ1v) is 6.64. The molecule has 1 amide bonds. The fraction of sp³-hybridized carbons (Fsp3) is 0.214. The van der Waals surface area contributed by atoms with Gasteiger partial charge < -0.3 is 11.1 Å². The molecule has 1 atom stereocenters. The van der Waals surface area contributed by atoms with Gasteiger partial charge in [0.05, 0.1) is 17.6 Å². The van der Waals surface area contributed by atoms with E-state index in [0.29, 0.717) is 22.0 Å². The summed E-state index contributed by atoms with van der Waals surface area (Å²) in [5, 5.41) is 9.66. The second kappa shape index (κ2) is 6.88. The smallest absolute Gasteiger partial charge is 0.251 e. The third kappa shape index (κ3) is 3.81. The molecule has 1 aromatic carbocycles. The molecule has 0 bridgehead atoms. The number of carbonyl (C=O) groups excluding carboxylic acids is 1. The van der Waals surface area contributed by atoms with E-state index in [2.05, 4.69) is 32.3 Å². The highest BCUT2D eigenvalue weighted by Crippen LogP contribution is 2.17. The predicted octanol–water partition coefficient (Wildman–Crippen LogP) is 1.26. The minimum atomic E-state index is -0.282. The van der Waals surface area contributed by atoms with Gasteiger partial charge in [-0.25, -0.2) is 4.98 Å². The van der Waals surface area contributed by atoms with Crippen LogP contribution in [0.2, 0.25) is 5.02 Å². The highest BCUT2D eigenvalue weighted by atomic mass is 35.5. The van der Waals surface area contributed by atoms with E-state index in [9.17, 15) is 4.79 Å². The molecular weight excluding hydrogens is 290 g/mol. The molecule has 7 heteroatoms. The van der Waals surface area contributed by atoms with Crippen molar-refractivity contribution in [1.29, 1.82) is 0 Å². The minimum Gasteiger partial charge on any atom is -0.342 e. The normalized spacial score (nSPS) is 11.4. The van der Waals surface area contributed by atoms with Crippen LogP contribution in [0.15, 0.2) is 24.5 Å². The number of nitrogens with zero attached hydrogens (tertiary/aromatic N) is 2. The Labute approximate surface area is 127 Å². The second-order valence-electron chi connectivity index (χ2n) is 4.27. The van der Waals surface area contributed by atoms with Crippen molar-refractivity contribution >= 4 is 17.5 Å². The van der Waals surface area contributed by atoms with E-state index in [1.54, 1.807) is 25.1 Å². The van der Waals surface area contributed by atoms with Crippen molar-refractivity contribution in [3.63, 3.8) is 0 Å². The standard InChI is InChI=1S/C14H14ClN5O/c1-9(13-17-8-18-20-13)19-14(21)11-5-4-10(3-2-6-16)12(15)7-11/h4-5,7-9H,6,16H2,1H3,(H,19,21)(H,17,18,20). The lowest BCUT2D eigenvalue weighted by atomic mass is 10.1. The van der Waals surface area contributed by atoms with Crippen molar-refractivity contribution in [1.82, 2.24) is 20.5 Å². The quantitative estimate of drug-likeness (QED) is 0.744. The lowest BCUT2D eigenvalue weighted by Crippen LogP contribution is -2.27. The number of halogens is 1. The topological polar surface area (TPSA) is 96.7 Å². The van der Waals surface area contributed by atoms with E-state index in [-0.39, 0.29) is 18.5 Å². The second-order valence-corrected chi connectivity index (χ2v) is 4.67. The fourth-order valence-corrected chi connectivity index (χ4v) is 1.90. The highest BCUT2D eigenvalue weighted by Gasteiger charge is 2.14. The van der Waals surface area contributed by atoms with Crippen LogP contribution in [-0.2, 0) is 0 Å². The first-order valence-electron chi connectivity index (χ1n) is 6.26. The SMILES string of the molecule is CC(NC(=O)c1ccc(C#CCN)c(Cl)c1)c1ncn[nH]1. The number of rotatable bonds is 3. The van der Waals surface area contributed by atoms with Gasteiger partial charge >= 0.3 is 0 Å². The zero-order valence-electron chi connectivity index (χ0n) is 11.4. The van der Waals surface area contributed by atoms with Crippen molar-refractivity contribution < 1.29 is 4.79 Å². The van der Waals surface area contributed by atoms with E-state index in [1.165, 1.54) is 6.33 Å². The Morgan fingerprint density at radius 1 is 1.57 bits per heavy atom. The van der Waals surface area contributed by atoms with Gasteiger partial charge in [0.25, 0.3) is 5.91 Å². The Hall–Kier alpha value is -2.36. The lowest BCUT2D eigenvalue weighted by molar-refractivity contribution is 0.0938. The Balaban J connectivity index is 2.11. The largest absolute Gasteiger partial charge is 0.342 e. The van der Waals surface area contributed by atoms with Crippen molar-refractivity contribution in [3.8, 4) is 11.8 Å². The first-order chi connectivity index (χ1) is 10.1. The summed E-state index contributed by atoms with van der Waals surface area (Å²) in [6, 6.07) is 4.65. The maximum Gasteiger partial charge on any atom is 0.251 e. The number of carbonyl (C=O) groups is 1. The third-order valence-corrected chi connectivity index (χ3v) is 3.06. The molecule has 1 heterocycles. The average Bonchev–Trinajstić information content (AvgIpc) is 3.00. The summed E-state index contributed by atoms with van der Waals surface area (Å²) in [7, 11) is 0. The van der Waals surface area contributed by atoms with Crippen LogP contribution in [0.5, 0.6) is 0 Å². The van der Waals surface area contributed by atoms with Gasteiger partial charge in [-0.05, 0) is 25.1 Å². The van der Waals surface area contributed by atoms with Crippen molar-refractivity contribution in [2.24, 2.45) is 5.73 Å². The molecule has 0 aliphatic carbocycles. The van der Waals surface area contributed by atoms with Gasteiger partial charge in [-0.3, -0.25) is 9.89 Å². The monoisotopic (exact) mass is 303 g/mol. The molecule has 0 saturated carbocycles. The van der Waals surface area contributed by atoms with Gasteiger partial charge in [-0.15, -0.1) is 0 Å². The molecule has 21 heavy (non-hydrogen) atoms. The summed E-state index contributed by atoms with van der Waals surface area (Å²) < 4.78 is 0. The summed E-state index contributed by atoms with van der Waals surface area (Å²) in [6.07, 6.45) is 1.39. The molecule has 2 aromatic rings. The number of aromatic nitrogens is 3. The fourth-order valence-electron chi connectivity index (χ4n) is 1.68. The molecule has 1 aromatic heterocycles. The summed E-state index contributed by atoms with van der Waals surface area (Å²) in [4.78, 5) is 16.1. The summed E-state index contributed by atoms with van der Waals surface area (Å²) in [6.45, 7) is 2.06. The third-order valence-electron chi connectivity index (χ3n) is 2.75. The number of H-pyrrole nitrogens is 1. The molecule has 6 nitrogen and oxygen atoms in total. The van der Waals surface area contributed by atoms with Crippen molar-refractivity contribution in [2.45, 2.75) is 13.0 Å². The number of nitrogens with two attached hydrogens (primary N) is 1. The summed E-state index contributed by atoms with van der Waals surface area (Å²) in [5.41, 5.74) is 6.40. The van der Waals surface area contributed by atoms with Crippen LogP contribution in [-0.4, -0.2) is 27.6 Å². The highest BCUT2D eigenvalue weighted by molar-refractivity contribution is 6.32. The van der Waals surface area contributed by atoms with Crippen LogP contribution in [0.4, 0.5) is 0 Å². The molecule has 0 aliphatic rings. The van der Waals surface area contributed by atoms with Gasteiger partial charge in [0.15, 0.2) is 0 Å². The molecule has 0 aliphatic heterocycles. The number of benzene rings is 1. The molecule has 2 rings (SSSR count). The Bertz CT molecular complexity index is 687. The summed E-state index contributed by atoms with van der Waals surface area (Å²) >= 11 is 6.09. The number of aromatic amines is 1. The van der Waals surface area contributed by atoms with Gasteiger partial charge in [0, 0.05) is 11.1 Å². The molecule has 4 N–H and O–H groups in total. The van der Waals surface area contributed by atoms with Crippen molar-refractivity contribution in [3.05, 3.63) is 46.5 Å². The van der Waals surface area contributed by atoms with Crippen LogP contribution in [0.1, 0.15) is 34.7 Å². The molecule has 0 spiro atoms. The molecule has 1 unspecified atom stereocenters. The molecule has 0 saturated heterocycles. The Kier molecular flexibility index (Phi) is 4.93. The predicted molar refractivity (Wildman–Crippen MR) is 79.6 cm³/mol. The number of amides is 1. The van der Waals surface area contributed by atoms with Crippen LogP contribution in [0.3, 0.4) is 0 Å². The average molecular weight is 304 g/mol. The number of hydrogen-bond donors (Lipinski definition) is 3. The lowest BCUT2D eigenvalue weighted by Gasteiger charge is -2.11. The van der Waals surface area contributed by atoms with Gasteiger partial charge in [0.1, 0.15) is 12.2 Å². The van der Waals surface area contributed by atoms with Crippen molar-refractivity contribution in [2.75, 3.05) is 6.54 Å². The van der Waals surface area contributed by atoms with Gasteiger partial charge in [0.2, 0.25) is 0 Å². The maximum absolute atomic E-state index is 12.1. The number of nitrogens with one attached hydrogen (secondary N) is 2. The first kappa shape index (κ1) is 15.0. The van der Waals surface area contributed by atoms with E-state index < -0.39 is 0 Å². The van der Waals surface area contributed by atoms with Crippen LogP contribution < -0.4 is 11.1 Å². The number of hydrogen-bond acceptors (Lipinski definition) is 4. The van der Waals surface area contributed by atoms with Crippen LogP contribution in [0, 0.1) is 11.8 Å². The zero-order valence-corrected chi connectivity index (χ0v) is 12.1. The van der Waals surface area contributed by atoms with Gasteiger partial charge in [-0.1, -0.05) is 23.4 Å². The minimum absolute atomic E-state index is 0.251. The van der Waals surface area contributed by atoms with E-state index >= 15 is 0 Å². The van der Waals surface area contributed by atoms with E-state index in [0.717, 1.165) is 0 Å². The Morgan fingerprint density at radius 3 is 3.00 bits per heavy atom. The molecular formula is C14H14ClN5O. The van der Waals surface area contributed by atoms with Crippen LogP contribution >= 0.6 is 11.6 Å². The molecule has 0 radical (unpaired) electrons. The summed E-state index contributed by atoms with van der Waals surface area (Å²) in [5.74, 6) is 5.89. The van der Waals surface area contributed by atoms with E-state index in [4.69, 9.17) is 17.3 Å². The van der Waals surface area contributed by atoms with E-state index in [1.807, 2.05) is 0 Å².